The highest BCUT2D eigenvalue weighted by molar-refractivity contribution is 7.99. The molecule has 0 radical (unpaired) electrons. The molecule has 1 aromatic heterocycles. The predicted molar refractivity (Wildman–Crippen MR) is 67.5 cm³/mol. The van der Waals surface area contributed by atoms with E-state index < -0.39 is 11.7 Å². The molecule has 96 valence electrons. The summed E-state index contributed by atoms with van der Waals surface area (Å²) in [5, 5.41) is 12.4. The third-order valence-electron chi connectivity index (χ3n) is 2.20. The topological polar surface area (TPSA) is 79.9 Å². The number of nitrogens with one attached hydrogen (secondary N) is 1. The van der Waals surface area contributed by atoms with E-state index in [4.69, 9.17) is 10.00 Å². The van der Waals surface area contributed by atoms with E-state index in [9.17, 15) is 4.79 Å². The maximum Gasteiger partial charge on any atom is 0.413 e. The number of imidazole rings is 1. The van der Waals surface area contributed by atoms with Crippen LogP contribution < -0.4 is 5.32 Å². The maximum absolute atomic E-state index is 11.6. The molecule has 2 heterocycles. The molecule has 2 rings (SSSR count). The van der Waals surface area contributed by atoms with Gasteiger partial charge in [0.1, 0.15) is 11.7 Å². The minimum Gasteiger partial charge on any atom is -0.444 e. The van der Waals surface area contributed by atoms with Gasteiger partial charge in [0.15, 0.2) is 16.7 Å². The van der Waals surface area contributed by atoms with Crippen molar-refractivity contribution in [3.8, 4) is 6.07 Å². The minimum atomic E-state index is -0.597. The summed E-state index contributed by atoms with van der Waals surface area (Å²) in [4.78, 5) is 15.8. The standard InChI is InChI=1S/C11H14N4O2S/c1-11(2,3)17-10(16)14-8-7(6-12)15-4-5-18-9(15)13-8/h4-5H2,1-3H3,(H,14,16). The van der Waals surface area contributed by atoms with E-state index in [0.717, 1.165) is 17.5 Å². The predicted octanol–water partition coefficient (Wildman–Crippen LogP) is 2.21. The van der Waals surface area contributed by atoms with E-state index >= 15 is 0 Å². The number of carbonyl (C=O) groups excluding carboxylic acids is 1. The molecule has 0 saturated heterocycles. The minimum absolute atomic E-state index is 0.272. The Morgan fingerprint density at radius 1 is 1.61 bits per heavy atom. The molecule has 1 aromatic rings. The lowest BCUT2D eigenvalue weighted by Crippen LogP contribution is -2.27. The van der Waals surface area contributed by atoms with Crippen molar-refractivity contribution in [2.24, 2.45) is 0 Å². The van der Waals surface area contributed by atoms with Gasteiger partial charge in [-0.1, -0.05) is 11.8 Å². The number of hydrogen-bond acceptors (Lipinski definition) is 5. The van der Waals surface area contributed by atoms with Crippen molar-refractivity contribution in [1.29, 1.82) is 5.26 Å². The van der Waals surface area contributed by atoms with Gasteiger partial charge in [-0.15, -0.1) is 0 Å². The summed E-state index contributed by atoms with van der Waals surface area (Å²) >= 11 is 1.57. The van der Waals surface area contributed by atoms with Crippen molar-refractivity contribution in [1.82, 2.24) is 9.55 Å². The van der Waals surface area contributed by atoms with Crippen LogP contribution in [-0.4, -0.2) is 27.0 Å². The number of nitriles is 1. The van der Waals surface area contributed by atoms with Crippen LogP contribution in [0.5, 0.6) is 0 Å². The number of rotatable bonds is 1. The lowest BCUT2D eigenvalue weighted by atomic mass is 10.2. The van der Waals surface area contributed by atoms with E-state index in [-0.39, 0.29) is 5.82 Å². The summed E-state index contributed by atoms with van der Waals surface area (Å²) in [5.74, 6) is 1.18. The highest BCUT2D eigenvalue weighted by atomic mass is 32.2. The van der Waals surface area contributed by atoms with Gasteiger partial charge in [0.25, 0.3) is 0 Å². The Balaban J connectivity index is 2.16. The Bertz CT molecular complexity index is 524. The number of nitrogens with zero attached hydrogens (tertiary/aromatic N) is 3. The number of fused-ring (bicyclic) bond motifs is 1. The molecule has 1 amide bonds. The Hall–Kier alpha value is -1.68. The van der Waals surface area contributed by atoms with Crippen LogP contribution in [-0.2, 0) is 11.3 Å². The first-order valence-corrected chi connectivity index (χ1v) is 6.53. The molecule has 0 atom stereocenters. The first-order chi connectivity index (χ1) is 8.40. The van der Waals surface area contributed by atoms with E-state index in [2.05, 4.69) is 16.4 Å². The molecule has 0 unspecified atom stereocenters. The lowest BCUT2D eigenvalue weighted by molar-refractivity contribution is 0.0635. The summed E-state index contributed by atoms with van der Waals surface area (Å²) in [5.41, 5.74) is -0.199. The van der Waals surface area contributed by atoms with Gasteiger partial charge >= 0.3 is 6.09 Å². The zero-order chi connectivity index (χ0) is 13.3. The molecule has 6 nitrogen and oxygen atoms in total. The van der Waals surface area contributed by atoms with Gasteiger partial charge in [-0.05, 0) is 20.8 Å². The molecule has 7 heteroatoms. The molecule has 0 aromatic carbocycles. The van der Waals surface area contributed by atoms with Gasteiger partial charge in [0, 0.05) is 12.3 Å². The fourth-order valence-corrected chi connectivity index (χ4v) is 2.53. The Morgan fingerprint density at radius 2 is 2.33 bits per heavy atom. The number of carbonyl (C=O) groups is 1. The fourth-order valence-electron chi connectivity index (χ4n) is 1.58. The average molecular weight is 266 g/mol. The van der Waals surface area contributed by atoms with Crippen molar-refractivity contribution in [3.63, 3.8) is 0 Å². The van der Waals surface area contributed by atoms with Crippen molar-refractivity contribution < 1.29 is 9.53 Å². The number of hydrogen-bond donors (Lipinski definition) is 1. The molecule has 1 aliphatic heterocycles. The molecule has 0 saturated carbocycles. The highest BCUT2D eigenvalue weighted by Gasteiger charge is 2.24. The summed E-state index contributed by atoms with van der Waals surface area (Å²) in [6.07, 6.45) is -0.597. The largest absolute Gasteiger partial charge is 0.444 e. The number of anilines is 1. The van der Waals surface area contributed by atoms with Crippen LogP contribution in [0.2, 0.25) is 0 Å². The molecular weight excluding hydrogens is 252 g/mol. The zero-order valence-electron chi connectivity index (χ0n) is 10.5. The Kier molecular flexibility index (Phi) is 3.22. The summed E-state index contributed by atoms with van der Waals surface area (Å²) in [6, 6.07) is 2.06. The van der Waals surface area contributed by atoms with Crippen LogP contribution in [0.3, 0.4) is 0 Å². The average Bonchev–Trinajstić information content (AvgIpc) is 2.73. The van der Waals surface area contributed by atoms with Crippen LogP contribution in [0.25, 0.3) is 0 Å². The number of aromatic nitrogens is 2. The summed E-state index contributed by atoms with van der Waals surface area (Å²) < 4.78 is 6.93. The molecular formula is C11H14N4O2S. The second kappa shape index (κ2) is 4.53. The smallest absolute Gasteiger partial charge is 0.413 e. The molecule has 18 heavy (non-hydrogen) atoms. The first kappa shape index (κ1) is 12.8. The highest BCUT2D eigenvalue weighted by Crippen LogP contribution is 2.30. The van der Waals surface area contributed by atoms with Crippen LogP contribution >= 0.6 is 11.8 Å². The van der Waals surface area contributed by atoms with Gasteiger partial charge in [-0.2, -0.15) is 5.26 Å². The monoisotopic (exact) mass is 266 g/mol. The van der Waals surface area contributed by atoms with E-state index in [0.29, 0.717) is 5.69 Å². The van der Waals surface area contributed by atoms with Crippen LogP contribution in [0.1, 0.15) is 26.5 Å². The quantitative estimate of drug-likeness (QED) is 0.843. The summed E-state index contributed by atoms with van der Waals surface area (Å²) in [6.45, 7) is 6.08. The van der Waals surface area contributed by atoms with E-state index in [1.807, 2.05) is 0 Å². The normalized spacial score (nSPS) is 13.9. The Labute approximate surface area is 109 Å². The van der Waals surface area contributed by atoms with Crippen LogP contribution in [0.4, 0.5) is 10.6 Å². The molecule has 0 bridgehead atoms. The van der Waals surface area contributed by atoms with Crippen LogP contribution in [0.15, 0.2) is 5.16 Å². The van der Waals surface area contributed by atoms with Crippen molar-refractivity contribution in [3.05, 3.63) is 5.69 Å². The zero-order valence-corrected chi connectivity index (χ0v) is 11.3. The summed E-state index contributed by atoms with van der Waals surface area (Å²) in [7, 11) is 0. The van der Waals surface area contributed by atoms with Crippen LogP contribution in [0, 0.1) is 11.3 Å². The molecule has 0 fully saturated rings. The van der Waals surface area contributed by atoms with Crippen molar-refractivity contribution in [2.75, 3.05) is 11.1 Å². The van der Waals surface area contributed by atoms with E-state index in [1.54, 1.807) is 37.1 Å². The molecule has 0 aliphatic carbocycles. The molecule has 0 spiro atoms. The van der Waals surface area contributed by atoms with Gasteiger partial charge in [-0.25, -0.2) is 9.78 Å². The maximum atomic E-state index is 11.6. The van der Waals surface area contributed by atoms with Gasteiger partial charge in [-0.3, -0.25) is 5.32 Å². The fraction of sp³-hybridized carbons (Fsp3) is 0.545. The van der Waals surface area contributed by atoms with Crippen molar-refractivity contribution in [2.45, 2.75) is 38.1 Å². The number of ether oxygens (including phenoxy) is 1. The van der Waals surface area contributed by atoms with Gasteiger partial charge in [0.05, 0.1) is 0 Å². The second-order valence-electron chi connectivity index (χ2n) is 4.83. The second-order valence-corrected chi connectivity index (χ2v) is 5.89. The number of amides is 1. The molecule has 1 aliphatic rings. The first-order valence-electron chi connectivity index (χ1n) is 5.54. The van der Waals surface area contributed by atoms with E-state index in [1.165, 1.54) is 0 Å². The lowest BCUT2D eigenvalue weighted by Gasteiger charge is -2.19. The Morgan fingerprint density at radius 3 is 2.94 bits per heavy atom. The number of thioether (sulfide) groups is 1. The third kappa shape index (κ3) is 2.59. The molecule has 1 N–H and O–H groups in total. The third-order valence-corrected chi connectivity index (χ3v) is 3.16. The van der Waals surface area contributed by atoms with Gasteiger partial charge < -0.3 is 9.30 Å². The van der Waals surface area contributed by atoms with Gasteiger partial charge in [0.2, 0.25) is 0 Å². The van der Waals surface area contributed by atoms with Crippen molar-refractivity contribution >= 4 is 23.7 Å². The SMILES string of the molecule is CC(C)(C)OC(=O)Nc1nc2n(c1C#N)CCS2.